The maximum absolute atomic E-state index is 12.9. The van der Waals surface area contributed by atoms with E-state index in [1.165, 1.54) is 0 Å². The van der Waals surface area contributed by atoms with Gasteiger partial charge >= 0.3 is 7.12 Å². The largest absolute Gasteiger partial charge is 0.469 e. The molecule has 0 radical (unpaired) electrons. The normalized spacial score (nSPS) is 28.0. The first-order valence-electron chi connectivity index (χ1n) is 6.62. The van der Waals surface area contributed by atoms with Crippen LogP contribution >= 0.6 is 0 Å². The molecule has 1 fully saturated rings. The summed E-state index contributed by atoms with van der Waals surface area (Å²) in [4.78, 5) is 0. The van der Waals surface area contributed by atoms with Gasteiger partial charge in [0.05, 0.1) is 16.6 Å². The van der Waals surface area contributed by atoms with Crippen molar-refractivity contribution >= 4 is 7.12 Å². The van der Waals surface area contributed by atoms with E-state index in [4.69, 9.17) is 9.31 Å². The molecule has 0 aromatic carbocycles. The van der Waals surface area contributed by atoms with Crippen molar-refractivity contribution in [3.63, 3.8) is 0 Å². The molecule has 2 rings (SSSR count). The summed E-state index contributed by atoms with van der Waals surface area (Å²) in [7, 11) is -0.408. The second-order valence-electron chi connectivity index (χ2n) is 6.42. The van der Waals surface area contributed by atoms with Gasteiger partial charge in [0.1, 0.15) is 13.3 Å². The summed E-state index contributed by atoms with van der Waals surface area (Å²) < 4.78 is 37.6. The minimum atomic E-state index is -1.10. The number of halogens is 2. The van der Waals surface area contributed by atoms with Crippen molar-refractivity contribution in [2.75, 3.05) is 13.3 Å². The van der Waals surface area contributed by atoms with Crippen LogP contribution in [0.3, 0.4) is 0 Å². The van der Waals surface area contributed by atoms with Gasteiger partial charge in [-0.2, -0.15) is 0 Å². The molecule has 0 N–H and O–H groups in total. The molecule has 0 aromatic heterocycles. The molecule has 2 nitrogen and oxygen atoms in total. The highest BCUT2D eigenvalue weighted by Gasteiger charge is 2.53. The van der Waals surface area contributed by atoms with Crippen molar-refractivity contribution in [1.82, 2.24) is 0 Å². The molecule has 5 heteroatoms. The van der Waals surface area contributed by atoms with E-state index < -0.39 is 37.1 Å². The number of hydrogen-bond acceptors (Lipinski definition) is 2. The lowest BCUT2D eigenvalue weighted by molar-refractivity contribution is 0.00578. The molecule has 0 spiro atoms. The molecule has 19 heavy (non-hydrogen) atoms. The average Bonchev–Trinajstić information content (AvgIpc) is 2.58. The summed E-state index contributed by atoms with van der Waals surface area (Å²) >= 11 is 0. The fourth-order valence-electron chi connectivity index (χ4n) is 2.17. The van der Waals surface area contributed by atoms with Crippen molar-refractivity contribution in [3.05, 3.63) is 24.3 Å². The molecule has 0 unspecified atom stereocenters. The Bertz CT molecular complexity index is 368. The van der Waals surface area contributed by atoms with Crippen LogP contribution in [0.4, 0.5) is 8.78 Å². The van der Waals surface area contributed by atoms with Gasteiger partial charge in [-0.05, 0) is 27.7 Å². The smallest absolute Gasteiger partial charge is 0.403 e. The lowest BCUT2D eigenvalue weighted by atomic mass is 9.67. The molecule has 0 amide bonds. The van der Waals surface area contributed by atoms with E-state index in [0.717, 1.165) is 0 Å². The highest BCUT2D eigenvalue weighted by Crippen LogP contribution is 2.42. The third-order valence-corrected chi connectivity index (χ3v) is 4.38. The Hall–Kier alpha value is -0.675. The van der Waals surface area contributed by atoms with Crippen LogP contribution in [0.5, 0.6) is 0 Å². The molecule has 2 aliphatic rings. The summed E-state index contributed by atoms with van der Waals surface area (Å²) in [6, 6.07) is 0. The zero-order valence-electron chi connectivity index (χ0n) is 12.0. The van der Waals surface area contributed by atoms with Crippen LogP contribution in [0.2, 0.25) is 5.82 Å². The summed E-state index contributed by atoms with van der Waals surface area (Å²) in [5, 5.41) is 0. The second kappa shape index (κ2) is 4.71. The summed E-state index contributed by atoms with van der Waals surface area (Å²) in [5.74, 6) is -0.104. The minimum absolute atomic E-state index is 0.104. The first-order chi connectivity index (χ1) is 8.75. The van der Waals surface area contributed by atoms with Crippen LogP contribution in [-0.2, 0) is 9.31 Å². The molecule has 1 heterocycles. The van der Waals surface area contributed by atoms with Crippen LogP contribution in [-0.4, -0.2) is 31.7 Å². The molecule has 0 aromatic rings. The van der Waals surface area contributed by atoms with Gasteiger partial charge in [0.15, 0.2) is 0 Å². The van der Waals surface area contributed by atoms with E-state index >= 15 is 0 Å². The van der Waals surface area contributed by atoms with Gasteiger partial charge < -0.3 is 9.31 Å². The molecule has 0 bridgehead atoms. The predicted molar refractivity (Wildman–Crippen MR) is 72.5 cm³/mol. The standard InChI is InChI=1S/C14H21BF2O2/c1-12(2)13(3,4)19-15(18-12)11-5-7-14(9-16,10-17)8-6-11/h5-8,11H,9-10H2,1-4H3. The SMILES string of the molecule is CC1(C)OB(C2C=CC(CF)(CF)C=C2)OC1(C)C. The molecule has 0 atom stereocenters. The van der Waals surface area contributed by atoms with Crippen molar-refractivity contribution < 1.29 is 18.1 Å². The van der Waals surface area contributed by atoms with E-state index in [-0.39, 0.29) is 5.82 Å². The summed E-state index contributed by atoms with van der Waals surface area (Å²) in [6.45, 7) is 6.47. The first-order valence-corrected chi connectivity index (χ1v) is 6.62. The fraction of sp³-hybridized carbons (Fsp3) is 0.714. The van der Waals surface area contributed by atoms with Crippen LogP contribution < -0.4 is 0 Å². The maximum Gasteiger partial charge on any atom is 0.469 e. The zero-order chi connectivity index (χ0) is 14.3. The zero-order valence-corrected chi connectivity index (χ0v) is 12.0. The Morgan fingerprint density at radius 1 is 0.947 bits per heavy atom. The molecule has 0 saturated carbocycles. The van der Waals surface area contributed by atoms with Crippen LogP contribution in [0.1, 0.15) is 27.7 Å². The summed E-state index contributed by atoms with van der Waals surface area (Å²) in [5.41, 5.74) is -1.89. The number of rotatable bonds is 3. The molecular formula is C14H21BF2O2. The fourth-order valence-corrected chi connectivity index (χ4v) is 2.17. The third kappa shape index (κ3) is 2.50. The van der Waals surface area contributed by atoms with E-state index in [1.54, 1.807) is 24.3 Å². The van der Waals surface area contributed by atoms with Gasteiger partial charge in [-0.15, -0.1) is 0 Å². The van der Waals surface area contributed by atoms with Crippen molar-refractivity contribution in [2.45, 2.75) is 44.7 Å². The Morgan fingerprint density at radius 3 is 1.74 bits per heavy atom. The lowest BCUT2D eigenvalue weighted by Crippen LogP contribution is -2.41. The molecule has 1 saturated heterocycles. The van der Waals surface area contributed by atoms with Gasteiger partial charge in [0, 0.05) is 5.82 Å². The Balaban J connectivity index is 2.10. The predicted octanol–water partition coefficient (Wildman–Crippen LogP) is 3.50. The lowest BCUT2D eigenvalue weighted by Gasteiger charge is -2.32. The van der Waals surface area contributed by atoms with Gasteiger partial charge in [0.25, 0.3) is 0 Å². The quantitative estimate of drug-likeness (QED) is 0.577. The summed E-state index contributed by atoms with van der Waals surface area (Å²) in [6.07, 6.45) is 6.73. The molecule has 106 valence electrons. The monoisotopic (exact) mass is 270 g/mol. The molecular weight excluding hydrogens is 249 g/mol. The van der Waals surface area contributed by atoms with Crippen LogP contribution in [0, 0.1) is 5.41 Å². The Labute approximate surface area is 114 Å². The van der Waals surface area contributed by atoms with Crippen molar-refractivity contribution in [2.24, 2.45) is 5.41 Å². The average molecular weight is 270 g/mol. The van der Waals surface area contributed by atoms with Gasteiger partial charge in [-0.1, -0.05) is 24.3 Å². The van der Waals surface area contributed by atoms with E-state index in [1.807, 2.05) is 27.7 Å². The Morgan fingerprint density at radius 2 is 1.37 bits per heavy atom. The first kappa shape index (κ1) is 14.7. The van der Waals surface area contributed by atoms with E-state index in [0.29, 0.717) is 0 Å². The Kier molecular flexibility index (Phi) is 3.65. The highest BCUT2D eigenvalue weighted by molar-refractivity contribution is 6.49. The van der Waals surface area contributed by atoms with Crippen LogP contribution in [0.25, 0.3) is 0 Å². The third-order valence-electron chi connectivity index (χ3n) is 4.38. The van der Waals surface area contributed by atoms with Gasteiger partial charge in [-0.25, -0.2) is 8.78 Å². The topological polar surface area (TPSA) is 18.5 Å². The van der Waals surface area contributed by atoms with Crippen molar-refractivity contribution in [3.8, 4) is 0 Å². The number of alkyl halides is 2. The van der Waals surface area contributed by atoms with Gasteiger partial charge in [0.2, 0.25) is 0 Å². The number of hydrogen-bond donors (Lipinski definition) is 0. The van der Waals surface area contributed by atoms with Crippen molar-refractivity contribution in [1.29, 1.82) is 0 Å². The van der Waals surface area contributed by atoms with Gasteiger partial charge in [-0.3, -0.25) is 0 Å². The molecule has 1 aliphatic carbocycles. The van der Waals surface area contributed by atoms with E-state index in [9.17, 15) is 8.78 Å². The van der Waals surface area contributed by atoms with E-state index in [2.05, 4.69) is 0 Å². The minimum Gasteiger partial charge on any atom is -0.403 e. The maximum atomic E-state index is 12.9. The molecule has 1 aliphatic heterocycles. The van der Waals surface area contributed by atoms with Crippen LogP contribution in [0.15, 0.2) is 24.3 Å². The number of allylic oxidation sites excluding steroid dienone is 4. The second-order valence-corrected chi connectivity index (χ2v) is 6.42. The highest BCUT2D eigenvalue weighted by atomic mass is 19.1.